The van der Waals surface area contributed by atoms with Crippen LogP contribution in [0.15, 0.2) is 29.6 Å². The van der Waals surface area contributed by atoms with Gasteiger partial charge in [0, 0.05) is 12.4 Å². The minimum Gasteiger partial charge on any atom is -0.496 e. The van der Waals surface area contributed by atoms with Crippen LogP contribution < -0.4 is 4.74 Å². The van der Waals surface area contributed by atoms with E-state index in [9.17, 15) is 4.79 Å². The molecule has 130 valence electrons. The molecule has 0 saturated heterocycles. The summed E-state index contributed by atoms with van der Waals surface area (Å²) in [6.07, 6.45) is 0. The van der Waals surface area contributed by atoms with E-state index >= 15 is 0 Å². The fraction of sp³-hybridized carbons (Fsp3) is 0.235. The number of hydrogen-bond acceptors (Lipinski definition) is 6. The van der Waals surface area contributed by atoms with Crippen molar-refractivity contribution in [2.45, 2.75) is 13.5 Å². The zero-order chi connectivity index (χ0) is 18.0. The standard InChI is InChI=1S/C17H16ClN3O3S/c1-10-14(15(18)21(2)20-10)17(22)24-8-11-9-25-16(19-11)12-6-4-5-7-13(12)23-3/h4-7,9H,8H2,1-3H3. The van der Waals surface area contributed by atoms with Crippen LogP contribution in [0.25, 0.3) is 10.6 Å². The van der Waals surface area contributed by atoms with Gasteiger partial charge in [-0.05, 0) is 19.1 Å². The first-order chi connectivity index (χ1) is 12.0. The molecule has 0 radical (unpaired) electrons. The molecule has 0 N–H and O–H groups in total. The summed E-state index contributed by atoms with van der Waals surface area (Å²) in [5.41, 5.74) is 2.38. The molecule has 0 aliphatic carbocycles. The highest BCUT2D eigenvalue weighted by Crippen LogP contribution is 2.32. The van der Waals surface area contributed by atoms with Gasteiger partial charge in [-0.15, -0.1) is 11.3 Å². The summed E-state index contributed by atoms with van der Waals surface area (Å²) in [6, 6.07) is 7.64. The van der Waals surface area contributed by atoms with Gasteiger partial charge in [0.2, 0.25) is 0 Å². The van der Waals surface area contributed by atoms with Gasteiger partial charge in [0.05, 0.1) is 24.1 Å². The molecular weight excluding hydrogens is 362 g/mol. The Morgan fingerprint density at radius 2 is 2.12 bits per heavy atom. The molecule has 0 spiro atoms. The summed E-state index contributed by atoms with van der Waals surface area (Å²) in [6.45, 7) is 1.78. The molecular formula is C17H16ClN3O3S. The largest absolute Gasteiger partial charge is 0.496 e. The van der Waals surface area contributed by atoms with Gasteiger partial charge in [-0.3, -0.25) is 4.68 Å². The third-order valence-corrected chi connectivity index (χ3v) is 4.95. The highest BCUT2D eigenvalue weighted by Gasteiger charge is 2.21. The maximum absolute atomic E-state index is 12.2. The van der Waals surface area contributed by atoms with Crippen LogP contribution in [-0.4, -0.2) is 27.8 Å². The van der Waals surface area contributed by atoms with E-state index in [-0.39, 0.29) is 17.3 Å². The molecule has 0 saturated carbocycles. The number of thiazole rings is 1. The Balaban J connectivity index is 1.73. The second-order valence-corrected chi connectivity index (χ2v) is 6.51. The highest BCUT2D eigenvalue weighted by molar-refractivity contribution is 7.13. The maximum Gasteiger partial charge on any atom is 0.343 e. The van der Waals surface area contributed by atoms with Crippen LogP contribution in [0.1, 0.15) is 21.7 Å². The van der Waals surface area contributed by atoms with Crippen molar-refractivity contribution >= 4 is 28.9 Å². The SMILES string of the molecule is COc1ccccc1-c1nc(COC(=O)c2c(C)nn(C)c2Cl)cs1. The molecule has 0 unspecified atom stereocenters. The Labute approximate surface area is 154 Å². The number of halogens is 1. The highest BCUT2D eigenvalue weighted by atomic mass is 35.5. The van der Waals surface area contributed by atoms with E-state index < -0.39 is 5.97 Å². The number of ether oxygens (including phenoxy) is 2. The number of hydrogen-bond donors (Lipinski definition) is 0. The lowest BCUT2D eigenvalue weighted by atomic mass is 10.2. The second-order valence-electron chi connectivity index (χ2n) is 5.30. The molecule has 0 aliphatic rings. The number of carbonyl (C=O) groups excluding carboxylic acids is 1. The van der Waals surface area contributed by atoms with E-state index in [1.54, 1.807) is 21.1 Å². The first kappa shape index (κ1) is 17.4. The molecule has 3 rings (SSSR count). The number of rotatable bonds is 5. The molecule has 0 fully saturated rings. The van der Waals surface area contributed by atoms with E-state index in [2.05, 4.69) is 10.1 Å². The number of benzene rings is 1. The molecule has 2 aromatic heterocycles. The summed E-state index contributed by atoms with van der Waals surface area (Å²) in [5, 5.41) is 7.02. The number of para-hydroxylation sites is 1. The normalized spacial score (nSPS) is 10.7. The Kier molecular flexibility index (Phi) is 5.06. The van der Waals surface area contributed by atoms with Crippen molar-refractivity contribution in [2.24, 2.45) is 7.05 Å². The quantitative estimate of drug-likeness (QED) is 0.631. The summed E-state index contributed by atoms with van der Waals surface area (Å²) in [5.74, 6) is 0.237. The van der Waals surface area contributed by atoms with Crippen molar-refractivity contribution in [3.05, 3.63) is 51.7 Å². The first-order valence-electron chi connectivity index (χ1n) is 7.45. The monoisotopic (exact) mass is 377 g/mol. The number of aryl methyl sites for hydroxylation is 2. The molecule has 3 aromatic rings. The van der Waals surface area contributed by atoms with Crippen LogP contribution in [0.4, 0.5) is 0 Å². The lowest BCUT2D eigenvalue weighted by Gasteiger charge is -2.05. The van der Waals surface area contributed by atoms with Crippen molar-refractivity contribution in [1.29, 1.82) is 0 Å². The van der Waals surface area contributed by atoms with Crippen molar-refractivity contribution in [1.82, 2.24) is 14.8 Å². The lowest BCUT2D eigenvalue weighted by molar-refractivity contribution is 0.0468. The van der Waals surface area contributed by atoms with Gasteiger partial charge in [0.25, 0.3) is 0 Å². The van der Waals surface area contributed by atoms with E-state index in [4.69, 9.17) is 21.1 Å². The molecule has 0 atom stereocenters. The smallest absolute Gasteiger partial charge is 0.343 e. The number of nitrogens with zero attached hydrogens (tertiary/aromatic N) is 3. The van der Waals surface area contributed by atoms with Crippen molar-refractivity contribution < 1.29 is 14.3 Å². The van der Waals surface area contributed by atoms with E-state index in [1.165, 1.54) is 16.0 Å². The van der Waals surface area contributed by atoms with Gasteiger partial charge in [-0.25, -0.2) is 9.78 Å². The topological polar surface area (TPSA) is 66.2 Å². The Bertz CT molecular complexity index is 920. The minimum absolute atomic E-state index is 0.0646. The van der Waals surface area contributed by atoms with Crippen molar-refractivity contribution in [3.8, 4) is 16.3 Å². The van der Waals surface area contributed by atoms with Crippen LogP contribution in [0.5, 0.6) is 5.75 Å². The number of esters is 1. The summed E-state index contributed by atoms with van der Waals surface area (Å²) < 4.78 is 12.1. The molecule has 25 heavy (non-hydrogen) atoms. The number of carbonyl (C=O) groups is 1. The van der Waals surface area contributed by atoms with Crippen LogP contribution >= 0.6 is 22.9 Å². The van der Waals surface area contributed by atoms with Gasteiger partial charge in [-0.2, -0.15) is 5.10 Å². The lowest BCUT2D eigenvalue weighted by Crippen LogP contribution is -2.07. The van der Waals surface area contributed by atoms with Gasteiger partial charge in [0.1, 0.15) is 28.1 Å². The zero-order valence-corrected chi connectivity index (χ0v) is 15.5. The number of methoxy groups -OCH3 is 1. The van der Waals surface area contributed by atoms with Gasteiger partial charge < -0.3 is 9.47 Å². The minimum atomic E-state index is -0.512. The third-order valence-electron chi connectivity index (χ3n) is 3.60. The van der Waals surface area contributed by atoms with E-state index in [1.807, 2.05) is 29.6 Å². The number of aromatic nitrogens is 3. The summed E-state index contributed by atoms with van der Waals surface area (Å²) in [7, 11) is 3.29. The third kappa shape index (κ3) is 3.52. The predicted octanol–water partition coefficient (Wildman–Crippen LogP) is 3.87. The maximum atomic E-state index is 12.2. The molecule has 0 aliphatic heterocycles. The Morgan fingerprint density at radius 3 is 2.80 bits per heavy atom. The van der Waals surface area contributed by atoms with E-state index in [0.29, 0.717) is 11.4 Å². The van der Waals surface area contributed by atoms with Gasteiger partial charge in [-0.1, -0.05) is 23.7 Å². The molecule has 0 bridgehead atoms. The van der Waals surface area contributed by atoms with Crippen LogP contribution in [0.3, 0.4) is 0 Å². The average molecular weight is 378 g/mol. The summed E-state index contributed by atoms with van der Waals surface area (Å²) in [4.78, 5) is 16.8. The van der Waals surface area contributed by atoms with Crippen molar-refractivity contribution in [2.75, 3.05) is 7.11 Å². The fourth-order valence-electron chi connectivity index (χ4n) is 2.39. The zero-order valence-electron chi connectivity index (χ0n) is 13.9. The Morgan fingerprint density at radius 1 is 1.36 bits per heavy atom. The second kappa shape index (κ2) is 7.25. The Hall–Kier alpha value is -2.38. The van der Waals surface area contributed by atoms with Gasteiger partial charge >= 0.3 is 5.97 Å². The van der Waals surface area contributed by atoms with Crippen molar-refractivity contribution in [3.63, 3.8) is 0 Å². The average Bonchev–Trinajstić information content (AvgIpc) is 3.17. The van der Waals surface area contributed by atoms with Gasteiger partial charge in [0.15, 0.2) is 0 Å². The molecule has 8 heteroatoms. The molecule has 6 nitrogen and oxygen atoms in total. The molecule has 1 aromatic carbocycles. The molecule has 2 heterocycles. The predicted molar refractivity (Wildman–Crippen MR) is 96.2 cm³/mol. The van der Waals surface area contributed by atoms with E-state index in [0.717, 1.165) is 16.3 Å². The van der Waals surface area contributed by atoms with Crippen LogP contribution in [0, 0.1) is 6.92 Å². The summed E-state index contributed by atoms with van der Waals surface area (Å²) >= 11 is 7.55. The molecule has 0 amide bonds. The fourth-order valence-corrected chi connectivity index (χ4v) is 3.48. The van der Waals surface area contributed by atoms with Crippen LogP contribution in [0.2, 0.25) is 5.15 Å². The first-order valence-corrected chi connectivity index (χ1v) is 8.71. The van der Waals surface area contributed by atoms with Crippen LogP contribution in [-0.2, 0) is 18.4 Å².